The second kappa shape index (κ2) is 15.2. The number of benzene rings is 2. The Balaban J connectivity index is 2.09. The number of ether oxygens (including phenoxy) is 2. The number of ketones is 1. The first-order chi connectivity index (χ1) is 19.5. The van der Waals surface area contributed by atoms with Gasteiger partial charge >= 0.3 is 0 Å². The number of nitrogens with zero attached hydrogens (tertiary/aromatic N) is 1. The van der Waals surface area contributed by atoms with Crippen LogP contribution in [0.4, 0.5) is 0 Å². The molecule has 3 rings (SSSR count). The average molecular weight is 721 g/mol. The van der Waals surface area contributed by atoms with Crippen LogP contribution in [0.15, 0.2) is 42.0 Å². The van der Waals surface area contributed by atoms with Crippen LogP contribution in [-0.2, 0) is 27.5 Å². The number of rotatable bonds is 12. The number of aliphatic hydroxyl groups is 3. The van der Waals surface area contributed by atoms with E-state index in [0.717, 1.165) is 0 Å². The minimum Gasteiger partial charge on any atom is -0.493 e. The smallest absolute Gasteiger partial charge is 0.290 e. The standard InChI is InChI=1S/C28H31Cl2IN2O8/c1-3-22(36)28(39)33(13-16-4-5-18(29)12-19(16)30)21-10-17(27(38)32-6-7-34)11-23(25(21)37)41-26-20(31)8-15(14-35)9-24(26)40-2/h4-5,8-9,11-12,21,23,25,34-35,37H,3,6-7,10,13-14H2,1-2H3,(H,32,38)/t21-,23+,25+/m1/s1. The van der Waals surface area contributed by atoms with Crippen molar-refractivity contribution >= 4 is 63.4 Å². The van der Waals surface area contributed by atoms with Crippen LogP contribution < -0.4 is 14.8 Å². The maximum Gasteiger partial charge on any atom is 0.290 e. The highest BCUT2D eigenvalue weighted by molar-refractivity contribution is 14.1. The number of hydrogen-bond donors (Lipinski definition) is 4. The predicted octanol–water partition coefficient (Wildman–Crippen LogP) is 3.02. The maximum atomic E-state index is 13.4. The molecule has 0 saturated carbocycles. The SMILES string of the molecule is CCC(=O)C(=O)N(Cc1ccc(Cl)cc1Cl)[C@@H]1CC(C(=O)NCCO)=C[C@H](Oc2c(I)cc(CO)cc2OC)[C@H]1O. The number of carbonyl (C=O) groups excluding carboxylic acids is 3. The molecule has 222 valence electrons. The molecule has 0 aliphatic heterocycles. The van der Waals surface area contributed by atoms with E-state index >= 15 is 0 Å². The summed E-state index contributed by atoms with van der Waals surface area (Å²) < 4.78 is 12.2. The van der Waals surface area contributed by atoms with Gasteiger partial charge in [-0.2, -0.15) is 0 Å². The van der Waals surface area contributed by atoms with Crippen LogP contribution in [0, 0.1) is 3.57 Å². The van der Waals surface area contributed by atoms with E-state index in [2.05, 4.69) is 5.32 Å². The average Bonchev–Trinajstić information content (AvgIpc) is 2.96. The summed E-state index contributed by atoms with van der Waals surface area (Å²) in [4.78, 5) is 40.3. The molecule has 41 heavy (non-hydrogen) atoms. The Morgan fingerprint density at radius 2 is 1.90 bits per heavy atom. The van der Waals surface area contributed by atoms with Gasteiger partial charge in [-0.3, -0.25) is 14.4 Å². The van der Waals surface area contributed by atoms with Crippen molar-refractivity contribution in [3.05, 3.63) is 66.7 Å². The Hall–Kier alpha value is -2.42. The molecule has 4 N–H and O–H groups in total. The van der Waals surface area contributed by atoms with E-state index in [-0.39, 0.29) is 61.2 Å². The molecule has 0 fully saturated rings. The molecule has 13 heteroatoms. The van der Waals surface area contributed by atoms with E-state index in [1.165, 1.54) is 24.2 Å². The van der Waals surface area contributed by atoms with Crippen molar-refractivity contribution in [2.75, 3.05) is 20.3 Å². The van der Waals surface area contributed by atoms with Gasteiger partial charge in [0.25, 0.3) is 5.91 Å². The monoisotopic (exact) mass is 720 g/mol. The number of nitrogens with one attached hydrogen (secondary N) is 1. The van der Waals surface area contributed by atoms with E-state index in [0.29, 0.717) is 19.7 Å². The second-order valence-electron chi connectivity index (χ2n) is 9.23. The summed E-state index contributed by atoms with van der Waals surface area (Å²) >= 11 is 14.4. The van der Waals surface area contributed by atoms with Gasteiger partial charge in [0.1, 0.15) is 12.2 Å². The number of halogens is 3. The van der Waals surface area contributed by atoms with Crippen molar-refractivity contribution in [1.29, 1.82) is 0 Å². The molecule has 0 spiro atoms. The van der Waals surface area contributed by atoms with Crippen molar-refractivity contribution in [1.82, 2.24) is 10.2 Å². The van der Waals surface area contributed by atoms with Crippen molar-refractivity contribution < 1.29 is 39.2 Å². The lowest BCUT2D eigenvalue weighted by Crippen LogP contribution is -2.56. The molecule has 0 aromatic heterocycles. The molecule has 0 unspecified atom stereocenters. The number of Topliss-reactive ketones (excluding diaryl/α,β-unsaturated/α-hetero) is 1. The third-order valence-electron chi connectivity index (χ3n) is 6.52. The number of aliphatic hydroxyl groups excluding tert-OH is 3. The van der Waals surface area contributed by atoms with Gasteiger partial charge in [-0.05, 0) is 64.1 Å². The summed E-state index contributed by atoms with van der Waals surface area (Å²) in [7, 11) is 1.43. The quantitative estimate of drug-likeness (QED) is 0.194. The van der Waals surface area contributed by atoms with Gasteiger partial charge in [0.15, 0.2) is 11.5 Å². The predicted molar refractivity (Wildman–Crippen MR) is 161 cm³/mol. The Morgan fingerprint density at radius 3 is 2.51 bits per heavy atom. The lowest BCUT2D eigenvalue weighted by molar-refractivity contribution is -0.149. The molecule has 0 bridgehead atoms. The number of amides is 2. The largest absolute Gasteiger partial charge is 0.493 e. The second-order valence-corrected chi connectivity index (χ2v) is 11.2. The van der Waals surface area contributed by atoms with E-state index in [9.17, 15) is 29.7 Å². The number of hydrogen-bond acceptors (Lipinski definition) is 8. The zero-order chi connectivity index (χ0) is 30.3. The number of carbonyl (C=O) groups is 3. The van der Waals surface area contributed by atoms with Gasteiger partial charge in [0.2, 0.25) is 11.7 Å². The van der Waals surface area contributed by atoms with Crippen LogP contribution in [0.3, 0.4) is 0 Å². The Bertz CT molecular complexity index is 1320. The normalized spacial score (nSPS) is 18.3. The molecule has 0 radical (unpaired) electrons. The summed E-state index contributed by atoms with van der Waals surface area (Å²) in [6.45, 7) is 0.871. The fourth-order valence-electron chi connectivity index (χ4n) is 4.38. The fourth-order valence-corrected chi connectivity index (χ4v) is 5.64. The zero-order valence-electron chi connectivity index (χ0n) is 22.4. The van der Waals surface area contributed by atoms with Crippen molar-refractivity contribution in [2.45, 2.75) is 51.2 Å². The lowest BCUT2D eigenvalue weighted by atomic mass is 9.87. The summed E-state index contributed by atoms with van der Waals surface area (Å²) in [5, 5.41) is 33.6. The van der Waals surface area contributed by atoms with E-state index < -0.39 is 35.8 Å². The lowest BCUT2D eigenvalue weighted by Gasteiger charge is -2.40. The molecule has 2 amide bonds. The van der Waals surface area contributed by atoms with Gasteiger partial charge in [0.05, 0.1) is 29.9 Å². The topological polar surface area (TPSA) is 146 Å². The number of methoxy groups -OCH3 is 1. The molecule has 2 aromatic carbocycles. The van der Waals surface area contributed by atoms with Crippen LogP contribution in [0.2, 0.25) is 10.0 Å². The first-order valence-corrected chi connectivity index (χ1v) is 14.6. The fraction of sp³-hybridized carbons (Fsp3) is 0.393. The molecule has 0 saturated heterocycles. The summed E-state index contributed by atoms with van der Waals surface area (Å²) in [5.41, 5.74) is 1.24. The minimum atomic E-state index is -1.39. The first kappa shape index (κ1) is 33.1. The van der Waals surface area contributed by atoms with Crippen LogP contribution in [0.1, 0.15) is 30.9 Å². The Labute approximate surface area is 261 Å². The summed E-state index contributed by atoms with van der Waals surface area (Å²) in [6.07, 6.45) is -1.27. The summed E-state index contributed by atoms with van der Waals surface area (Å²) in [6, 6.07) is 6.90. The molecule has 3 atom stereocenters. The van der Waals surface area contributed by atoms with Crippen LogP contribution >= 0.6 is 45.8 Å². The first-order valence-electron chi connectivity index (χ1n) is 12.7. The van der Waals surface area contributed by atoms with Gasteiger partial charge in [0, 0.05) is 41.5 Å². The maximum absolute atomic E-state index is 13.4. The Morgan fingerprint density at radius 1 is 1.17 bits per heavy atom. The zero-order valence-corrected chi connectivity index (χ0v) is 26.1. The third kappa shape index (κ3) is 8.11. The molecule has 1 aliphatic rings. The van der Waals surface area contributed by atoms with Crippen LogP contribution in [0.25, 0.3) is 0 Å². The van der Waals surface area contributed by atoms with E-state index in [1.54, 1.807) is 31.2 Å². The molecular formula is C28H31Cl2IN2O8. The third-order valence-corrected chi connectivity index (χ3v) is 7.90. The molecule has 1 aliphatic carbocycles. The highest BCUT2D eigenvalue weighted by Crippen LogP contribution is 2.37. The van der Waals surface area contributed by atoms with Crippen molar-refractivity contribution in [3.8, 4) is 11.5 Å². The van der Waals surface area contributed by atoms with Crippen LogP contribution in [0.5, 0.6) is 11.5 Å². The van der Waals surface area contributed by atoms with Crippen molar-refractivity contribution in [2.24, 2.45) is 0 Å². The van der Waals surface area contributed by atoms with E-state index in [1.807, 2.05) is 22.6 Å². The molecule has 2 aromatic rings. The van der Waals surface area contributed by atoms with Gasteiger partial charge in [-0.15, -0.1) is 0 Å². The minimum absolute atomic E-state index is 0.0133. The van der Waals surface area contributed by atoms with E-state index in [4.69, 9.17) is 32.7 Å². The van der Waals surface area contributed by atoms with Crippen molar-refractivity contribution in [3.63, 3.8) is 0 Å². The highest BCUT2D eigenvalue weighted by Gasteiger charge is 2.42. The van der Waals surface area contributed by atoms with Gasteiger partial charge in [-0.25, -0.2) is 0 Å². The van der Waals surface area contributed by atoms with Gasteiger partial charge in [-0.1, -0.05) is 36.2 Å². The molecule has 0 heterocycles. The summed E-state index contributed by atoms with van der Waals surface area (Å²) in [5.74, 6) is -1.52. The van der Waals surface area contributed by atoms with Crippen LogP contribution in [-0.4, -0.2) is 76.3 Å². The molecule has 10 nitrogen and oxygen atoms in total. The highest BCUT2D eigenvalue weighted by atomic mass is 127. The van der Waals surface area contributed by atoms with Gasteiger partial charge < -0.3 is 35.0 Å². The molecular weight excluding hydrogens is 690 g/mol. The Kier molecular flexibility index (Phi) is 12.2.